The van der Waals surface area contributed by atoms with Crippen molar-refractivity contribution in [3.63, 3.8) is 0 Å². The molecule has 3 rings (SSSR count). The summed E-state index contributed by atoms with van der Waals surface area (Å²) in [6.07, 6.45) is 1.99. The van der Waals surface area contributed by atoms with E-state index in [9.17, 15) is 13.6 Å². The summed E-state index contributed by atoms with van der Waals surface area (Å²) in [5.41, 5.74) is 1.09. The van der Waals surface area contributed by atoms with Crippen LogP contribution in [0.25, 0.3) is 0 Å². The maximum Gasteiger partial charge on any atom is 0.320 e. The second kappa shape index (κ2) is 7.82. The van der Waals surface area contributed by atoms with Gasteiger partial charge in [-0.25, -0.2) is 13.6 Å². The Morgan fingerprint density at radius 3 is 2.88 bits per heavy atom. The molecule has 1 fully saturated rings. The molecule has 2 heterocycles. The molecule has 8 heteroatoms. The van der Waals surface area contributed by atoms with Crippen LogP contribution in [0.1, 0.15) is 43.0 Å². The third kappa shape index (κ3) is 4.19. The summed E-state index contributed by atoms with van der Waals surface area (Å²) in [5.74, 6) is -0.592. The molecule has 0 bridgehead atoms. The first-order valence-electron chi connectivity index (χ1n) is 8.58. The number of anilines is 1. The standard InChI is InChI=1S/C18H22F2N4O2/c1-11(14-6-5-13(19)8-15(14)20)21-18(25)22-17-9-16(23-24(17)2)12-4-3-7-26-10-12/h5-6,8-9,11-12H,3-4,7,10H2,1-2H3,(H2,21,22,25). The fraction of sp³-hybridized carbons (Fsp3) is 0.444. The molecule has 1 aromatic heterocycles. The SMILES string of the molecule is CC(NC(=O)Nc1cc(C2CCCOC2)nn1C)c1ccc(F)cc1F. The summed E-state index contributed by atoms with van der Waals surface area (Å²) in [5, 5.41) is 9.80. The normalized spacial score (nSPS) is 18.4. The number of aryl methyl sites for hydroxylation is 1. The number of rotatable bonds is 4. The number of nitrogens with zero attached hydrogens (tertiary/aromatic N) is 2. The Morgan fingerprint density at radius 2 is 2.19 bits per heavy atom. The molecule has 26 heavy (non-hydrogen) atoms. The lowest BCUT2D eigenvalue weighted by molar-refractivity contribution is 0.0791. The van der Waals surface area contributed by atoms with Crippen LogP contribution in [-0.2, 0) is 11.8 Å². The minimum Gasteiger partial charge on any atom is -0.381 e. The highest BCUT2D eigenvalue weighted by Crippen LogP contribution is 2.26. The van der Waals surface area contributed by atoms with E-state index >= 15 is 0 Å². The average molecular weight is 364 g/mol. The van der Waals surface area contributed by atoms with Gasteiger partial charge in [-0.3, -0.25) is 10.00 Å². The Bertz CT molecular complexity index is 787. The summed E-state index contributed by atoms with van der Waals surface area (Å²) in [4.78, 5) is 12.2. The number of hydrogen-bond acceptors (Lipinski definition) is 3. The van der Waals surface area contributed by atoms with E-state index in [0.29, 0.717) is 12.4 Å². The number of aromatic nitrogens is 2. The van der Waals surface area contributed by atoms with Crippen LogP contribution >= 0.6 is 0 Å². The van der Waals surface area contributed by atoms with Gasteiger partial charge in [0.05, 0.1) is 18.3 Å². The van der Waals surface area contributed by atoms with Crippen LogP contribution in [0, 0.1) is 11.6 Å². The van der Waals surface area contributed by atoms with Crippen molar-refractivity contribution in [1.82, 2.24) is 15.1 Å². The monoisotopic (exact) mass is 364 g/mol. The Hall–Kier alpha value is -2.48. The Balaban J connectivity index is 1.63. The van der Waals surface area contributed by atoms with Gasteiger partial charge < -0.3 is 10.1 Å². The average Bonchev–Trinajstić information content (AvgIpc) is 2.96. The molecule has 140 valence electrons. The van der Waals surface area contributed by atoms with Gasteiger partial charge in [0.2, 0.25) is 0 Å². The molecule has 2 unspecified atom stereocenters. The lowest BCUT2D eigenvalue weighted by Gasteiger charge is -2.19. The zero-order valence-corrected chi connectivity index (χ0v) is 14.8. The summed E-state index contributed by atoms with van der Waals surface area (Å²) in [6.45, 7) is 3.03. The smallest absolute Gasteiger partial charge is 0.320 e. The topological polar surface area (TPSA) is 68.2 Å². The molecule has 2 amide bonds. The molecule has 2 N–H and O–H groups in total. The number of urea groups is 1. The molecule has 2 atom stereocenters. The van der Waals surface area contributed by atoms with Gasteiger partial charge in [-0.05, 0) is 25.8 Å². The van der Waals surface area contributed by atoms with Crippen molar-refractivity contribution in [1.29, 1.82) is 0 Å². The third-order valence-corrected chi connectivity index (χ3v) is 4.50. The number of carbonyl (C=O) groups is 1. The second-order valence-corrected chi connectivity index (χ2v) is 6.48. The summed E-state index contributed by atoms with van der Waals surface area (Å²) in [7, 11) is 1.74. The van der Waals surface area contributed by atoms with E-state index in [4.69, 9.17) is 4.74 Å². The van der Waals surface area contributed by atoms with Gasteiger partial charge in [0, 0.05) is 37.3 Å². The quantitative estimate of drug-likeness (QED) is 0.873. The van der Waals surface area contributed by atoms with Crippen LogP contribution in [0.5, 0.6) is 0 Å². The van der Waals surface area contributed by atoms with Crippen molar-refractivity contribution in [3.05, 3.63) is 47.2 Å². The minimum absolute atomic E-state index is 0.214. The Labute approximate surface area is 150 Å². The number of benzene rings is 1. The first kappa shape index (κ1) is 18.3. The van der Waals surface area contributed by atoms with Gasteiger partial charge in [-0.1, -0.05) is 6.07 Å². The van der Waals surface area contributed by atoms with Gasteiger partial charge in [0.25, 0.3) is 0 Å². The third-order valence-electron chi connectivity index (χ3n) is 4.50. The van der Waals surface area contributed by atoms with Crippen molar-refractivity contribution < 1.29 is 18.3 Å². The fourth-order valence-electron chi connectivity index (χ4n) is 3.06. The first-order chi connectivity index (χ1) is 12.4. The van der Waals surface area contributed by atoms with Gasteiger partial charge >= 0.3 is 6.03 Å². The summed E-state index contributed by atoms with van der Waals surface area (Å²) in [6, 6.07) is 3.99. The molecule has 2 aromatic rings. The zero-order chi connectivity index (χ0) is 18.7. The van der Waals surface area contributed by atoms with Gasteiger partial charge in [0.15, 0.2) is 0 Å². The first-order valence-corrected chi connectivity index (χ1v) is 8.58. The maximum atomic E-state index is 13.8. The molecular weight excluding hydrogens is 342 g/mol. The van der Waals surface area contributed by atoms with Crippen LogP contribution in [-0.4, -0.2) is 29.0 Å². The van der Waals surface area contributed by atoms with E-state index in [1.165, 1.54) is 6.07 Å². The van der Waals surface area contributed by atoms with Crippen molar-refractivity contribution in [3.8, 4) is 0 Å². The highest BCUT2D eigenvalue weighted by Gasteiger charge is 2.21. The van der Waals surface area contributed by atoms with Gasteiger partial charge in [-0.15, -0.1) is 0 Å². The van der Waals surface area contributed by atoms with Crippen LogP contribution in [0.4, 0.5) is 19.4 Å². The largest absolute Gasteiger partial charge is 0.381 e. The number of nitrogens with one attached hydrogen (secondary N) is 2. The van der Waals surface area contributed by atoms with E-state index in [-0.39, 0.29) is 11.5 Å². The van der Waals surface area contributed by atoms with Crippen LogP contribution < -0.4 is 10.6 Å². The van der Waals surface area contributed by atoms with Gasteiger partial charge in [0.1, 0.15) is 17.5 Å². The van der Waals surface area contributed by atoms with E-state index in [2.05, 4.69) is 15.7 Å². The lowest BCUT2D eigenvalue weighted by Crippen LogP contribution is -2.32. The van der Waals surface area contributed by atoms with Crippen LogP contribution in [0.2, 0.25) is 0 Å². The van der Waals surface area contributed by atoms with E-state index in [0.717, 1.165) is 37.3 Å². The molecule has 1 aromatic carbocycles. The van der Waals surface area contributed by atoms with Crippen LogP contribution in [0.3, 0.4) is 0 Å². The van der Waals surface area contributed by atoms with Crippen molar-refractivity contribution >= 4 is 11.8 Å². The second-order valence-electron chi connectivity index (χ2n) is 6.48. The van der Waals surface area contributed by atoms with E-state index in [1.807, 2.05) is 6.07 Å². The molecule has 0 aliphatic carbocycles. The number of ether oxygens (including phenoxy) is 1. The summed E-state index contributed by atoms with van der Waals surface area (Å²) >= 11 is 0. The molecule has 1 aliphatic heterocycles. The molecule has 0 saturated carbocycles. The molecular formula is C18H22F2N4O2. The van der Waals surface area contributed by atoms with Crippen molar-refractivity contribution in [2.75, 3.05) is 18.5 Å². The lowest BCUT2D eigenvalue weighted by atomic mass is 9.99. The predicted octanol–water partition coefficient (Wildman–Crippen LogP) is 3.48. The molecule has 6 nitrogen and oxygen atoms in total. The number of halogens is 2. The predicted molar refractivity (Wildman–Crippen MR) is 92.9 cm³/mol. The molecule has 1 saturated heterocycles. The maximum absolute atomic E-state index is 13.8. The fourth-order valence-corrected chi connectivity index (χ4v) is 3.06. The van der Waals surface area contributed by atoms with Crippen molar-refractivity contribution in [2.24, 2.45) is 7.05 Å². The van der Waals surface area contributed by atoms with E-state index < -0.39 is 23.7 Å². The van der Waals surface area contributed by atoms with Crippen LogP contribution in [0.15, 0.2) is 24.3 Å². The highest BCUT2D eigenvalue weighted by atomic mass is 19.1. The number of carbonyl (C=O) groups excluding carboxylic acids is 1. The zero-order valence-electron chi connectivity index (χ0n) is 14.8. The molecule has 1 aliphatic rings. The highest BCUT2D eigenvalue weighted by molar-refractivity contribution is 5.88. The molecule has 0 radical (unpaired) electrons. The minimum atomic E-state index is -0.696. The van der Waals surface area contributed by atoms with E-state index in [1.54, 1.807) is 18.7 Å². The summed E-state index contributed by atoms with van der Waals surface area (Å²) < 4.78 is 33.9. The van der Waals surface area contributed by atoms with Crippen molar-refractivity contribution in [2.45, 2.75) is 31.7 Å². The Morgan fingerprint density at radius 1 is 1.38 bits per heavy atom. The molecule has 0 spiro atoms. The Kier molecular flexibility index (Phi) is 5.51. The number of hydrogen-bond donors (Lipinski definition) is 2. The van der Waals surface area contributed by atoms with Gasteiger partial charge in [-0.2, -0.15) is 5.10 Å². The number of amides is 2.